The Labute approximate surface area is 288 Å². The van der Waals surface area contributed by atoms with E-state index in [1.165, 1.54) is 12.1 Å². The molecule has 0 saturated carbocycles. The maximum Gasteiger partial charge on any atom is 0.320 e. The van der Waals surface area contributed by atoms with Crippen molar-refractivity contribution in [3.63, 3.8) is 0 Å². The molecule has 0 aliphatic carbocycles. The van der Waals surface area contributed by atoms with E-state index in [0.717, 1.165) is 28.7 Å². The van der Waals surface area contributed by atoms with E-state index < -0.39 is 47.6 Å². The van der Waals surface area contributed by atoms with Crippen LogP contribution in [-0.2, 0) is 11.3 Å². The maximum atomic E-state index is 15.1. The lowest BCUT2D eigenvalue weighted by Crippen LogP contribution is -2.53. The van der Waals surface area contributed by atoms with Gasteiger partial charge in [-0.15, -0.1) is 0 Å². The zero-order valence-electron chi connectivity index (χ0n) is 28.2. The van der Waals surface area contributed by atoms with Crippen LogP contribution in [0.1, 0.15) is 65.3 Å². The summed E-state index contributed by atoms with van der Waals surface area (Å²) in [6.07, 6.45) is -0.0666. The van der Waals surface area contributed by atoms with Crippen LogP contribution < -0.4 is 0 Å². The van der Waals surface area contributed by atoms with Crippen molar-refractivity contribution in [1.29, 1.82) is 0 Å². The first-order chi connectivity index (χ1) is 24.0. The Kier molecular flexibility index (Phi) is 10.1. The lowest BCUT2D eigenvalue weighted by Gasteiger charge is -2.43. The first-order valence-electron chi connectivity index (χ1n) is 16.6. The van der Waals surface area contributed by atoms with E-state index in [9.17, 15) is 23.2 Å². The van der Waals surface area contributed by atoms with E-state index in [0.29, 0.717) is 32.1 Å². The normalized spacial score (nSPS) is 16.0. The fraction of sp³-hybridized carbons (Fsp3) is 0.378. The van der Waals surface area contributed by atoms with Gasteiger partial charge in [-0.25, -0.2) is 27.6 Å². The van der Waals surface area contributed by atoms with Gasteiger partial charge in [0.25, 0.3) is 11.8 Å². The maximum absolute atomic E-state index is 15.1. The van der Waals surface area contributed by atoms with E-state index in [4.69, 9.17) is 9.72 Å². The molecule has 4 aromatic rings. The molecule has 0 bridgehead atoms. The second-order valence-electron chi connectivity index (χ2n) is 13.5. The monoisotopic (exact) mass is 688 g/mol. The lowest BCUT2D eigenvalue weighted by atomic mass is 9.84. The second-order valence-corrected chi connectivity index (χ2v) is 13.5. The number of halogens is 3. The van der Waals surface area contributed by atoms with Crippen LogP contribution in [0.3, 0.4) is 0 Å². The lowest BCUT2D eigenvalue weighted by molar-refractivity contribution is 0.0252. The van der Waals surface area contributed by atoms with Crippen molar-refractivity contribution in [2.45, 2.75) is 45.8 Å². The van der Waals surface area contributed by atoms with Gasteiger partial charge in [0.05, 0.1) is 48.5 Å². The minimum absolute atomic E-state index is 0.0615. The van der Waals surface area contributed by atoms with Crippen molar-refractivity contribution in [2.75, 3.05) is 39.5 Å². The van der Waals surface area contributed by atoms with Crippen LogP contribution in [0.4, 0.5) is 18.0 Å². The molecule has 13 heteroatoms. The third-order valence-electron chi connectivity index (χ3n) is 9.02. The summed E-state index contributed by atoms with van der Waals surface area (Å²) in [5.74, 6) is -2.31. The third-order valence-corrected chi connectivity index (χ3v) is 9.02. The number of amides is 4. The fourth-order valence-corrected chi connectivity index (χ4v) is 6.58. The molecule has 262 valence electrons. The molecule has 3 heterocycles. The van der Waals surface area contributed by atoms with Gasteiger partial charge < -0.3 is 14.5 Å². The minimum Gasteiger partial charge on any atom is -0.378 e. The van der Waals surface area contributed by atoms with Gasteiger partial charge in [-0.05, 0) is 47.7 Å². The number of carbonyl (C=O) groups is 3. The average molecular weight is 689 g/mol. The minimum atomic E-state index is -1.15. The molecule has 50 heavy (non-hydrogen) atoms. The predicted octanol–water partition coefficient (Wildman–Crippen LogP) is 6.14. The highest BCUT2D eigenvalue weighted by Gasteiger charge is 2.43. The Morgan fingerprint density at radius 2 is 1.56 bits per heavy atom. The standard InChI is InChI=1S/C37H39F3N6O4/c1-37(2,3)31(33-41-32(29-21-25(39)13-14-30(29)40)42-45(33)23-24-9-5-4-6-10-24)44(36(49)43-17-19-50-20-18-43)16-15-26(22-38)46-34(47)27-11-7-8-12-28(27)35(46)48/h4-14,21,26,31H,15-20,22-23H2,1-3H3/t26-,31-/m0/s1. The quantitative estimate of drug-likeness (QED) is 0.186. The van der Waals surface area contributed by atoms with E-state index in [1.807, 2.05) is 51.1 Å². The number of benzene rings is 3. The number of hydrogen-bond acceptors (Lipinski definition) is 6. The third kappa shape index (κ3) is 7.00. The van der Waals surface area contributed by atoms with Crippen molar-refractivity contribution in [2.24, 2.45) is 5.41 Å². The molecule has 1 saturated heterocycles. The van der Waals surface area contributed by atoms with Crippen molar-refractivity contribution >= 4 is 17.8 Å². The highest BCUT2D eigenvalue weighted by molar-refractivity contribution is 6.21. The molecule has 2 aliphatic rings. The number of nitrogens with zero attached hydrogens (tertiary/aromatic N) is 6. The molecule has 3 aromatic carbocycles. The molecule has 0 N–H and O–H groups in total. The molecular formula is C37H39F3N6O4. The van der Waals surface area contributed by atoms with Crippen molar-refractivity contribution in [3.05, 3.63) is 107 Å². The van der Waals surface area contributed by atoms with Gasteiger partial charge in [-0.2, -0.15) is 5.10 Å². The van der Waals surface area contributed by atoms with E-state index in [-0.39, 0.29) is 48.1 Å². The van der Waals surface area contributed by atoms with Crippen molar-refractivity contribution in [1.82, 2.24) is 29.5 Å². The summed E-state index contributed by atoms with van der Waals surface area (Å²) in [5.41, 5.74) is 0.389. The topological polar surface area (TPSA) is 101 Å². The summed E-state index contributed by atoms with van der Waals surface area (Å²) in [7, 11) is 0. The van der Waals surface area contributed by atoms with Crippen LogP contribution in [0.5, 0.6) is 0 Å². The van der Waals surface area contributed by atoms with Gasteiger partial charge in [0.2, 0.25) is 0 Å². The Balaban J connectivity index is 1.43. The molecule has 10 nitrogen and oxygen atoms in total. The Morgan fingerprint density at radius 3 is 2.18 bits per heavy atom. The zero-order chi connectivity index (χ0) is 35.6. The number of morpholine rings is 1. The summed E-state index contributed by atoms with van der Waals surface area (Å²) in [6, 6.07) is 16.4. The fourth-order valence-electron chi connectivity index (χ4n) is 6.58. The number of hydrogen-bond donors (Lipinski definition) is 0. The first-order valence-corrected chi connectivity index (χ1v) is 16.6. The summed E-state index contributed by atoms with van der Waals surface area (Å²) < 4.78 is 51.4. The first kappa shape index (κ1) is 34.8. The Hall–Kier alpha value is -5.04. The second kappa shape index (κ2) is 14.4. The Morgan fingerprint density at radius 1 is 0.920 bits per heavy atom. The number of rotatable bonds is 10. The molecule has 1 fully saturated rings. The van der Waals surface area contributed by atoms with Gasteiger partial charge in [0.15, 0.2) is 11.6 Å². The number of imide groups is 1. The van der Waals surface area contributed by atoms with Crippen LogP contribution in [0.2, 0.25) is 0 Å². The van der Waals surface area contributed by atoms with Crippen LogP contribution >= 0.6 is 0 Å². The zero-order valence-corrected chi connectivity index (χ0v) is 28.2. The van der Waals surface area contributed by atoms with Crippen LogP contribution in [0.25, 0.3) is 11.4 Å². The molecule has 6 rings (SSSR count). The van der Waals surface area contributed by atoms with Crippen molar-refractivity contribution in [3.8, 4) is 11.4 Å². The number of fused-ring (bicyclic) bond motifs is 1. The van der Waals surface area contributed by atoms with E-state index in [1.54, 1.807) is 26.6 Å². The SMILES string of the molecule is CC(C)(C)[C@H](c1nc(-c2cc(F)ccc2F)nn1Cc1ccccc1)N(CC[C@@H](CF)N1C(=O)c2ccccc2C1=O)C(=O)N1CCOCC1. The molecule has 2 aliphatic heterocycles. The smallest absolute Gasteiger partial charge is 0.320 e. The average Bonchev–Trinajstić information content (AvgIpc) is 3.62. The molecule has 0 spiro atoms. The Bertz CT molecular complexity index is 1840. The van der Waals surface area contributed by atoms with Gasteiger partial charge in [0, 0.05) is 19.6 Å². The summed E-state index contributed by atoms with van der Waals surface area (Å²) in [5, 5.41) is 4.65. The van der Waals surface area contributed by atoms with Crippen molar-refractivity contribution < 1.29 is 32.3 Å². The summed E-state index contributed by atoms with van der Waals surface area (Å²) in [4.78, 5) is 50.1. The van der Waals surface area contributed by atoms with Gasteiger partial charge in [-0.1, -0.05) is 63.2 Å². The van der Waals surface area contributed by atoms with Gasteiger partial charge in [0.1, 0.15) is 18.3 Å². The largest absolute Gasteiger partial charge is 0.378 e. The molecule has 0 unspecified atom stereocenters. The molecule has 4 amide bonds. The number of alkyl halides is 1. The van der Waals surface area contributed by atoms with Gasteiger partial charge >= 0.3 is 6.03 Å². The molecule has 0 radical (unpaired) electrons. The van der Waals surface area contributed by atoms with Crippen LogP contribution in [-0.4, -0.2) is 92.9 Å². The van der Waals surface area contributed by atoms with Gasteiger partial charge in [-0.3, -0.25) is 14.5 Å². The number of ether oxygens (including phenoxy) is 1. The molecule has 1 aromatic heterocycles. The van der Waals surface area contributed by atoms with E-state index >= 15 is 4.39 Å². The highest BCUT2D eigenvalue weighted by atomic mass is 19.1. The number of urea groups is 1. The molecular weight excluding hydrogens is 649 g/mol. The van der Waals surface area contributed by atoms with Crippen LogP contribution in [0, 0.1) is 17.0 Å². The summed E-state index contributed by atoms with van der Waals surface area (Å²) >= 11 is 0. The number of carbonyl (C=O) groups excluding carboxylic acids is 3. The van der Waals surface area contributed by atoms with E-state index in [2.05, 4.69) is 5.10 Å². The number of aromatic nitrogens is 3. The highest BCUT2D eigenvalue weighted by Crippen LogP contribution is 2.40. The summed E-state index contributed by atoms with van der Waals surface area (Å²) in [6.45, 7) is 6.15. The van der Waals surface area contributed by atoms with Crippen LogP contribution in [0.15, 0.2) is 72.8 Å². The molecule has 2 atom stereocenters. The predicted molar refractivity (Wildman–Crippen MR) is 179 cm³/mol.